The van der Waals surface area contributed by atoms with E-state index < -0.39 is 24.0 Å². The van der Waals surface area contributed by atoms with E-state index in [-0.39, 0.29) is 44.1 Å². The van der Waals surface area contributed by atoms with Gasteiger partial charge in [0, 0.05) is 19.0 Å². The lowest BCUT2D eigenvalue weighted by Gasteiger charge is -2.22. The van der Waals surface area contributed by atoms with Crippen LogP contribution in [0.1, 0.15) is 52.4 Å². The molecule has 0 bridgehead atoms. The highest BCUT2D eigenvalue weighted by Gasteiger charge is 2.44. The molecule has 0 radical (unpaired) electrons. The second-order valence-electron chi connectivity index (χ2n) is 10.2. The quantitative estimate of drug-likeness (QED) is 0.297. The number of hydrogen-bond acceptors (Lipinski definition) is 6. The summed E-state index contributed by atoms with van der Waals surface area (Å²) in [5.74, 6) is 0.640. The second kappa shape index (κ2) is 14.1. The van der Waals surface area contributed by atoms with Gasteiger partial charge in [-0.15, -0.1) is 0 Å². The molecule has 0 aromatic rings. The third-order valence-electron chi connectivity index (χ3n) is 7.61. The molecular weight excluding hydrogens is 472 g/mol. The number of carbonyl (C=O) groups is 4. The van der Waals surface area contributed by atoms with E-state index in [1.165, 1.54) is 6.08 Å². The van der Waals surface area contributed by atoms with E-state index >= 15 is 0 Å². The maximum atomic E-state index is 12.5. The number of fused-ring (bicyclic) bond motifs is 3. The van der Waals surface area contributed by atoms with Crippen molar-refractivity contribution < 1.29 is 29.0 Å². The summed E-state index contributed by atoms with van der Waals surface area (Å²) in [5, 5.41) is 15.6. The van der Waals surface area contributed by atoms with Crippen LogP contribution in [0.25, 0.3) is 0 Å². The number of Topliss-reactive ketones (excluding diaryl/α,β-unsaturated/α-hetero) is 1. The van der Waals surface area contributed by atoms with Crippen LogP contribution in [-0.4, -0.2) is 54.0 Å². The van der Waals surface area contributed by atoms with Gasteiger partial charge in [0.05, 0.1) is 19.1 Å². The molecular formula is C29H40N2O6. The van der Waals surface area contributed by atoms with E-state index in [1.54, 1.807) is 13.0 Å². The van der Waals surface area contributed by atoms with Crippen molar-refractivity contribution in [3.8, 4) is 0 Å². The lowest BCUT2D eigenvalue weighted by Crippen LogP contribution is -2.50. The molecule has 8 nitrogen and oxygen atoms in total. The van der Waals surface area contributed by atoms with Crippen molar-refractivity contribution in [3.63, 3.8) is 0 Å². The Hall–Kier alpha value is -3.00. The predicted octanol–water partition coefficient (Wildman–Crippen LogP) is 2.79. The number of amides is 2. The number of hydrogen-bond donors (Lipinski definition) is 3. The zero-order valence-corrected chi connectivity index (χ0v) is 21.8. The van der Waals surface area contributed by atoms with Gasteiger partial charge in [-0.2, -0.15) is 0 Å². The molecule has 3 rings (SSSR count). The molecule has 0 spiro atoms. The summed E-state index contributed by atoms with van der Waals surface area (Å²) >= 11 is 0. The molecule has 0 unspecified atom stereocenters. The highest BCUT2D eigenvalue weighted by molar-refractivity contribution is 5.99. The number of ether oxygens (including phenoxy) is 1. The topological polar surface area (TPSA) is 122 Å². The molecule has 1 heterocycles. The zero-order chi connectivity index (χ0) is 26.8. The summed E-state index contributed by atoms with van der Waals surface area (Å²) in [4.78, 5) is 49.3. The van der Waals surface area contributed by atoms with Gasteiger partial charge in [0.25, 0.3) is 0 Å². The Balaban J connectivity index is 1.71. The summed E-state index contributed by atoms with van der Waals surface area (Å²) in [6.07, 6.45) is 17.2. The molecule has 202 valence electrons. The van der Waals surface area contributed by atoms with E-state index in [0.29, 0.717) is 36.0 Å². The molecule has 0 aromatic carbocycles. The van der Waals surface area contributed by atoms with Crippen LogP contribution in [0.3, 0.4) is 0 Å². The van der Waals surface area contributed by atoms with Crippen LogP contribution in [0, 0.1) is 29.6 Å². The molecule has 1 fully saturated rings. The van der Waals surface area contributed by atoms with E-state index in [0.717, 1.165) is 12.8 Å². The minimum absolute atomic E-state index is 0.0233. The predicted molar refractivity (Wildman–Crippen MR) is 140 cm³/mol. The first-order valence-corrected chi connectivity index (χ1v) is 13.4. The third-order valence-corrected chi connectivity index (χ3v) is 7.61. The molecule has 2 amide bonds. The van der Waals surface area contributed by atoms with Gasteiger partial charge in [-0.1, -0.05) is 49.5 Å². The molecule has 0 saturated heterocycles. The van der Waals surface area contributed by atoms with Crippen molar-refractivity contribution in [2.45, 2.75) is 64.5 Å². The number of esters is 1. The number of aliphatic hydroxyl groups excluding tert-OH is 1. The maximum Gasteiger partial charge on any atom is 0.331 e. The third kappa shape index (κ3) is 8.25. The molecule has 1 saturated carbocycles. The Morgan fingerprint density at radius 3 is 2.70 bits per heavy atom. The molecule has 3 aliphatic rings. The minimum atomic E-state index is -1.32. The van der Waals surface area contributed by atoms with Gasteiger partial charge in [0.1, 0.15) is 5.78 Å². The summed E-state index contributed by atoms with van der Waals surface area (Å²) < 4.78 is 4.97. The van der Waals surface area contributed by atoms with E-state index in [1.807, 2.05) is 12.2 Å². The van der Waals surface area contributed by atoms with Crippen molar-refractivity contribution in [2.75, 3.05) is 13.2 Å². The monoisotopic (exact) mass is 512 g/mol. The Labute approximate surface area is 219 Å². The molecule has 7 atom stereocenters. The summed E-state index contributed by atoms with van der Waals surface area (Å²) in [7, 11) is 0. The van der Waals surface area contributed by atoms with Crippen LogP contribution in [0.4, 0.5) is 0 Å². The van der Waals surface area contributed by atoms with Gasteiger partial charge in [0.15, 0.2) is 6.04 Å². The number of aliphatic hydroxyl groups is 1. The average Bonchev–Trinajstić information content (AvgIpc) is 3.38. The van der Waals surface area contributed by atoms with Crippen molar-refractivity contribution in [1.82, 2.24) is 10.6 Å². The van der Waals surface area contributed by atoms with Crippen LogP contribution < -0.4 is 10.6 Å². The van der Waals surface area contributed by atoms with Crippen molar-refractivity contribution in [2.24, 2.45) is 29.6 Å². The van der Waals surface area contributed by atoms with Crippen molar-refractivity contribution >= 4 is 23.6 Å². The van der Waals surface area contributed by atoms with Crippen molar-refractivity contribution in [3.05, 3.63) is 48.6 Å². The number of carbonyl (C=O) groups excluding carboxylic acids is 4. The molecule has 3 N–H and O–H groups in total. The highest BCUT2D eigenvalue weighted by atomic mass is 16.5. The lowest BCUT2D eigenvalue weighted by molar-refractivity contribution is -0.151. The minimum Gasteiger partial charge on any atom is -0.464 e. The largest absolute Gasteiger partial charge is 0.464 e. The molecule has 0 aromatic heterocycles. The first-order valence-electron chi connectivity index (χ1n) is 13.4. The van der Waals surface area contributed by atoms with Gasteiger partial charge >= 0.3 is 5.97 Å². The Kier molecular flexibility index (Phi) is 10.9. The average molecular weight is 513 g/mol. The number of allylic oxidation sites excluding steroid dienone is 7. The Morgan fingerprint density at radius 2 is 1.92 bits per heavy atom. The Morgan fingerprint density at radius 1 is 1.11 bits per heavy atom. The SMILES string of the molecule is CCOC(=O)[C@H]1NC(=O)CC(=O)CC/C=C/[C@@H]2C[C@H]3[C@H](C=C[C@@H]3C)[C@H]2C/C=C\C=C\C(=O)NCC[C@@H]1O. The maximum absolute atomic E-state index is 12.5. The second-order valence-corrected chi connectivity index (χ2v) is 10.2. The normalized spacial score (nSPS) is 36.3. The fraction of sp³-hybridized carbons (Fsp3) is 0.586. The fourth-order valence-corrected chi connectivity index (χ4v) is 5.68. The molecule has 2 aliphatic carbocycles. The number of nitrogens with one attached hydrogen (secondary N) is 2. The van der Waals surface area contributed by atoms with Crippen LogP contribution in [0.5, 0.6) is 0 Å². The first kappa shape index (κ1) is 28.6. The van der Waals surface area contributed by atoms with E-state index in [9.17, 15) is 24.3 Å². The number of rotatable bonds is 2. The van der Waals surface area contributed by atoms with Gasteiger partial charge in [-0.3, -0.25) is 14.4 Å². The zero-order valence-electron chi connectivity index (χ0n) is 21.8. The van der Waals surface area contributed by atoms with Crippen LogP contribution in [0.2, 0.25) is 0 Å². The van der Waals surface area contributed by atoms with E-state index in [2.05, 4.69) is 41.9 Å². The Bertz CT molecular complexity index is 952. The van der Waals surface area contributed by atoms with Crippen LogP contribution in [-0.2, 0) is 23.9 Å². The van der Waals surface area contributed by atoms with Gasteiger partial charge in [0.2, 0.25) is 11.8 Å². The van der Waals surface area contributed by atoms with Crippen LogP contribution in [0.15, 0.2) is 48.6 Å². The van der Waals surface area contributed by atoms with Gasteiger partial charge in [-0.25, -0.2) is 4.79 Å². The summed E-state index contributed by atoms with van der Waals surface area (Å²) in [6, 6.07) is -1.32. The fourth-order valence-electron chi connectivity index (χ4n) is 5.68. The van der Waals surface area contributed by atoms with Gasteiger partial charge < -0.3 is 20.5 Å². The molecule has 37 heavy (non-hydrogen) atoms. The van der Waals surface area contributed by atoms with Crippen molar-refractivity contribution in [1.29, 1.82) is 0 Å². The highest BCUT2D eigenvalue weighted by Crippen LogP contribution is 2.51. The molecule has 1 aliphatic heterocycles. The summed E-state index contributed by atoms with van der Waals surface area (Å²) in [6.45, 7) is 4.07. The molecule has 8 heteroatoms. The van der Waals surface area contributed by atoms with Crippen LogP contribution >= 0.6 is 0 Å². The summed E-state index contributed by atoms with van der Waals surface area (Å²) in [5.41, 5.74) is 0. The van der Waals surface area contributed by atoms with E-state index in [4.69, 9.17) is 4.74 Å². The number of ketones is 1. The smallest absolute Gasteiger partial charge is 0.331 e. The van der Waals surface area contributed by atoms with Gasteiger partial charge in [-0.05, 0) is 62.2 Å². The standard InChI is InChI=1S/C29H40N2O6/c1-3-37-29(36)28-25(33)15-16-30-26(34)12-6-4-5-11-22-20(17-24-19(2)13-14-23(22)24)9-7-8-10-21(32)18-27(35)31-28/h4-7,9,12-14,19-20,22-25,28,33H,3,8,10-11,15-18H2,1-2H3,(H,30,34)(H,31,35)/b5-4-,9-7+,12-6+/t19-,20+,22-,23+,24+,25-,28-/m0/s1. The lowest BCUT2D eigenvalue weighted by atomic mass is 9.85. The first-order chi connectivity index (χ1) is 17.8.